The second-order valence-electron chi connectivity index (χ2n) is 3.05. The molecule has 0 spiro atoms. The Morgan fingerprint density at radius 2 is 1.92 bits per heavy atom. The Morgan fingerprint density at radius 3 is 2.46 bits per heavy atom. The molecule has 1 nitrogen and oxygen atoms in total. The van der Waals surface area contributed by atoms with Crippen molar-refractivity contribution in [2.75, 3.05) is 6.61 Å². The van der Waals surface area contributed by atoms with E-state index in [0.717, 1.165) is 5.56 Å². The summed E-state index contributed by atoms with van der Waals surface area (Å²) < 4.78 is 24.5. The molecule has 0 aliphatic carbocycles. The SMILES string of the molecule is C[C@@H](CO)c1cccc(C(F)F)c1. The molecule has 0 bridgehead atoms. The van der Waals surface area contributed by atoms with Crippen molar-refractivity contribution in [3.63, 3.8) is 0 Å². The van der Waals surface area contributed by atoms with Crippen LogP contribution in [0.5, 0.6) is 0 Å². The van der Waals surface area contributed by atoms with Crippen LogP contribution in [0, 0.1) is 0 Å². The van der Waals surface area contributed by atoms with Crippen LogP contribution in [-0.4, -0.2) is 11.7 Å². The maximum absolute atomic E-state index is 12.3. The van der Waals surface area contributed by atoms with Crippen LogP contribution in [-0.2, 0) is 0 Å². The van der Waals surface area contributed by atoms with Crippen LogP contribution in [0.2, 0.25) is 0 Å². The Bertz CT molecular complexity index is 273. The second kappa shape index (κ2) is 4.33. The third-order valence-corrected chi connectivity index (χ3v) is 2.01. The summed E-state index contributed by atoms with van der Waals surface area (Å²) in [4.78, 5) is 0. The highest BCUT2D eigenvalue weighted by Gasteiger charge is 2.09. The van der Waals surface area contributed by atoms with E-state index < -0.39 is 6.43 Å². The molecular formula is C10H12F2O. The fourth-order valence-corrected chi connectivity index (χ4v) is 1.11. The molecule has 0 amide bonds. The first-order chi connectivity index (χ1) is 6.15. The Hall–Kier alpha value is -0.960. The van der Waals surface area contributed by atoms with Gasteiger partial charge in [0.1, 0.15) is 0 Å². The summed E-state index contributed by atoms with van der Waals surface area (Å²) in [6, 6.07) is 6.15. The minimum Gasteiger partial charge on any atom is -0.396 e. The molecule has 0 aliphatic rings. The number of hydrogen-bond donors (Lipinski definition) is 1. The summed E-state index contributed by atoms with van der Waals surface area (Å²) in [7, 11) is 0. The molecule has 0 unspecified atom stereocenters. The summed E-state index contributed by atoms with van der Waals surface area (Å²) in [6.07, 6.45) is -2.44. The molecule has 1 aromatic rings. The lowest BCUT2D eigenvalue weighted by Gasteiger charge is -2.09. The normalized spacial score (nSPS) is 13.3. The van der Waals surface area contributed by atoms with Crippen molar-refractivity contribution >= 4 is 0 Å². The lowest BCUT2D eigenvalue weighted by Crippen LogP contribution is -1.99. The Morgan fingerprint density at radius 1 is 1.31 bits per heavy atom. The fourth-order valence-electron chi connectivity index (χ4n) is 1.11. The minimum absolute atomic E-state index is 0.0119. The van der Waals surface area contributed by atoms with E-state index in [-0.39, 0.29) is 18.1 Å². The summed E-state index contributed by atoms with van der Waals surface area (Å²) in [5, 5.41) is 8.83. The Balaban J connectivity index is 2.91. The topological polar surface area (TPSA) is 20.2 Å². The van der Waals surface area contributed by atoms with Gasteiger partial charge in [-0.25, -0.2) is 8.78 Å². The summed E-state index contributed by atoms with van der Waals surface area (Å²) in [5.74, 6) is -0.0845. The minimum atomic E-state index is -2.44. The molecule has 0 fully saturated rings. The molecule has 0 radical (unpaired) electrons. The van der Waals surface area contributed by atoms with Gasteiger partial charge in [-0.3, -0.25) is 0 Å². The van der Waals surface area contributed by atoms with Gasteiger partial charge in [0, 0.05) is 18.1 Å². The van der Waals surface area contributed by atoms with Gasteiger partial charge in [-0.15, -0.1) is 0 Å². The van der Waals surface area contributed by atoms with E-state index in [9.17, 15) is 8.78 Å². The van der Waals surface area contributed by atoms with E-state index in [1.165, 1.54) is 12.1 Å². The van der Waals surface area contributed by atoms with Crippen LogP contribution in [0.4, 0.5) is 8.78 Å². The predicted octanol–water partition coefficient (Wildman–Crippen LogP) is 2.72. The molecule has 1 atom stereocenters. The fraction of sp³-hybridized carbons (Fsp3) is 0.400. The molecule has 0 aromatic heterocycles. The maximum Gasteiger partial charge on any atom is 0.263 e. The molecule has 13 heavy (non-hydrogen) atoms. The molecule has 72 valence electrons. The third kappa shape index (κ3) is 2.49. The maximum atomic E-state index is 12.3. The number of halogens is 2. The summed E-state index contributed by atoms with van der Waals surface area (Å²) in [6.45, 7) is 1.78. The van der Waals surface area contributed by atoms with Crippen molar-refractivity contribution in [2.24, 2.45) is 0 Å². The van der Waals surface area contributed by atoms with E-state index >= 15 is 0 Å². The van der Waals surface area contributed by atoms with Crippen LogP contribution >= 0.6 is 0 Å². The van der Waals surface area contributed by atoms with Gasteiger partial charge in [-0.05, 0) is 11.6 Å². The van der Waals surface area contributed by atoms with Crippen molar-refractivity contribution < 1.29 is 13.9 Å². The van der Waals surface area contributed by atoms with E-state index in [4.69, 9.17) is 5.11 Å². The lowest BCUT2D eigenvalue weighted by molar-refractivity contribution is 0.151. The molecule has 0 saturated carbocycles. The molecule has 3 heteroatoms. The van der Waals surface area contributed by atoms with Crippen molar-refractivity contribution in [1.29, 1.82) is 0 Å². The van der Waals surface area contributed by atoms with Crippen LogP contribution < -0.4 is 0 Å². The van der Waals surface area contributed by atoms with Crippen molar-refractivity contribution in [3.8, 4) is 0 Å². The highest BCUT2D eigenvalue weighted by Crippen LogP contribution is 2.22. The molecular weight excluding hydrogens is 174 g/mol. The Labute approximate surface area is 76.0 Å². The quantitative estimate of drug-likeness (QED) is 0.769. The first-order valence-electron chi connectivity index (χ1n) is 4.14. The van der Waals surface area contributed by atoms with Gasteiger partial charge in [-0.2, -0.15) is 0 Å². The van der Waals surface area contributed by atoms with Gasteiger partial charge in [-0.1, -0.05) is 25.1 Å². The molecule has 1 aromatic carbocycles. The van der Waals surface area contributed by atoms with Gasteiger partial charge in [0.15, 0.2) is 0 Å². The predicted molar refractivity (Wildman–Crippen MR) is 46.9 cm³/mol. The monoisotopic (exact) mass is 186 g/mol. The smallest absolute Gasteiger partial charge is 0.263 e. The first-order valence-corrected chi connectivity index (χ1v) is 4.14. The number of rotatable bonds is 3. The van der Waals surface area contributed by atoms with Crippen molar-refractivity contribution in [3.05, 3.63) is 35.4 Å². The molecule has 0 heterocycles. The van der Waals surface area contributed by atoms with E-state index in [1.54, 1.807) is 19.1 Å². The average Bonchev–Trinajstić information content (AvgIpc) is 2.17. The number of hydrogen-bond acceptors (Lipinski definition) is 1. The second-order valence-corrected chi connectivity index (χ2v) is 3.05. The number of aliphatic hydroxyl groups excluding tert-OH is 1. The summed E-state index contributed by atoms with van der Waals surface area (Å²) in [5.41, 5.74) is 0.762. The van der Waals surface area contributed by atoms with Gasteiger partial charge >= 0.3 is 0 Å². The van der Waals surface area contributed by atoms with Gasteiger partial charge < -0.3 is 5.11 Å². The zero-order valence-corrected chi connectivity index (χ0v) is 7.37. The van der Waals surface area contributed by atoms with E-state index in [2.05, 4.69) is 0 Å². The zero-order valence-electron chi connectivity index (χ0n) is 7.37. The lowest BCUT2D eigenvalue weighted by atomic mass is 10.0. The van der Waals surface area contributed by atoms with Gasteiger partial charge in [0.2, 0.25) is 0 Å². The number of benzene rings is 1. The molecule has 1 N–H and O–H groups in total. The number of alkyl halides is 2. The number of aliphatic hydroxyl groups is 1. The third-order valence-electron chi connectivity index (χ3n) is 2.01. The van der Waals surface area contributed by atoms with Crippen LogP contribution in [0.25, 0.3) is 0 Å². The summed E-state index contributed by atoms with van der Waals surface area (Å²) >= 11 is 0. The average molecular weight is 186 g/mol. The van der Waals surface area contributed by atoms with Gasteiger partial charge in [0.25, 0.3) is 6.43 Å². The van der Waals surface area contributed by atoms with Gasteiger partial charge in [0.05, 0.1) is 0 Å². The van der Waals surface area contributed by atoms with E-state index in [1.807, 2.05) is 0 Å². The largest absolute Gasteiger partial charge is 0.396 e. The van der Waals surface area contributed by atoms with E-state index in [0.29, 0.717) is 0 Å². The highest BCUT2D eigenvalue weighted by molar-refractivity contribution is 5.26. The van der Waals surface area contributed by atoms with Crippen molar-refractivity contribution in [1.82, 2.24) is 0 Å². The standard InChI is InChI=1S/C10H12F2O/c1-7(6-13)8-3-2-4-9(5-8)10(11)12/h2-5,7,10,13H,6H2,1H3/t7-/m0/s1. The van der Waals surface area contributed by atoms with Crippen LogP contribution in [0.15, 0.2) is 24.3 Å². The zero-order chi connectivity index (χ0) is 9.84. The Kier molecular flexibility index (Phi) is 3.37. The molecule has 0 saturated heterocycles. The van der Waals surface area contributed by atoms with Crippen LogP contribution in [0.3, 0.4) is 0 Å². The molecule has 1 rings (SSSR count). The highest BCUT2D eigenvalue weighted by atomic mass is 19.3. The first kappa shape index (κ1) is 10.1. The van der Waals surface area contributed by atoms with Crippen molar-refractivity contribution in [2.45, 2.75) is 19.3 Å². The molecule has 0 aliphatic heterocycles. The van der Waals surface area contributed by atoms with Crippen LogP contribution in [0.1, 0.15) is 30.4 Å².